The molecule has 0 bridgehead atoms. The van der Waals surface area contributed by atoms with Crippen LogP contribution in [0.25, 0.3) is 0 Å². The van der Waals surface area contributed by atoms with Crippen LogP contribution < -0.4 is 0 Å². The fraction of sp³-hybridized carbons (Fsp3) is 1.00. The molecule has 0 spiro atoms. The van der Waals surface area contributed by atoms with Gasteiger partial charge in [-0.15, -0.1) is 0 Å². The van der Waals surface area contributed by atoms with Gasteiger partial charge in [0.25, 0.3) is 0 Å². The minimum atomic E-state index is -2.51. The second kappa shape index (κ2) is 2.85. The zero-order valence-corrected chi connectivity index (χ0v) is 7.17. The molecule has 0 fully saturated rings. The number of halogens is 2. The van der Waals surface area contributed by atoms with Crippen LogP contribution in [0, 0.1) is 5.41 Å². The van der Waals surface area contributed by atoms with Crippen molar-refractivity contribution in [1.29, 1.82) is 0 Å². The van der Waals surface area contributed by atoms with Gasteiger partial charge in [0, 0.05) is 6.42 Å². The van der Waals surface area contributed by atoms with Crippen LogP contribution in [0.3, 0.4) is 0 Å². The molecule has 2 heteroatoms. The summed E-state index contributed by atoms with van der Waals surface area (Å²) in [6.07, 6.45) is 0.785. The van der Waals surface area contributed by atoms with Crippen molar-refractivity contribution >= 4 is 0 Å². The van der Waals surface area contributed by atoms with E-state index in [1.807, 2.05) is 20.8 Å². The molecule has 0 nitrogen and oxygen atoms in total. The van der Waals surface area contributed by atoms with Gasteiger partial charge in [0.05, 0.1) is 0 Å². The summed E-state index contributed by atoms with van der Waals surface area (Å²) in [5.74, 6) is -2.51. The average Bonchev–Trinajstić information content (AvgIpc) is 1.60. The predicted octanol–water partition coefficient (Wildman–Crippen LogP) is 3.47. The Hall–Kier alpha value is -0.140. The van der Waals surface area contributed by atoms with Crippen LogP contribution in [0.5, 0.6) is 0 Å². The molecule has 0 saturated heterocycles. The third kappa shape index (κ3) is 4.71. The molecule has 0 aromatic heterocycles. The molecule has 0 aromatic carbocycles. The van der Waals surface area contributed by atoms with E-state index < -0.39 is 5.92 Å². The summed E-state index contributed by atoms with van der Waals surface area (Å²) in [5.41, 5.74) is -0.224. The second-order valence-electron chi connectivity index (χ2n) is 3.76. The van der Waals surface area contributed by atoms with Gasteiger partial charge in [0.15, 0.2) is 0 Å². The Labute approximate surface area is 61.6 Å². The van der Waals surface area contributed by atoms with Crippen molar-refractivity contribution in [2.45, 2.75) is 46.5 Å². The molecule has 0 saturated carbocycles. The highest BCUT2D eigenvalue weighted by Crippen LogP contribution is 2.33. The van der Waals surface area contributed by atoms with E-state index in [1.165, 1.54) is 0 Å². The topological polar surface area (TPSA) is 0 Å². The molecule has 0 heterocycles. The third-order valence-corrected chi connectivity index (χ3v) is 1.75. The Bertz CT molecular complexity index is 100. The van der Waals surface area contributed by atoms with Crippen molar-refractivity contribution < 1.29 is 8.78 Å². The first kappa shape index (κ1) is 9.86. The normalized spacial score (nSPS) is 13.8. The molecule has 0 radical (unpaired) electrons. The molecule has 0 aromatic rings. The predicted molar refractivity (Wildman–Crippen MR) is 39.3 cm³/mol. The van der Waals surface area contributed by atoms with Crippen molar-refractivity contribution in [3.05, 3.63) is 0 Å². The van der Waals surface area contributed by atoms with Crippen LogP contribution in [0.2, 0.25) is 0 Å². The molecule has 0 aliphatic heterocycles. The van der Waals surface area contributed by atoms with Crippen molar-refractivity contribution in [1.82, 2.24) is 0 Å². The molecule has 0 atom stereocenters. The van der Waals surface area contributed by atoms with Crippen molar-refractivity contribution in [3.8, 4) is 0 Å². The molecular weight excluding hydrogens is 134 g/mol. The number of rotatable bonds is 3. The molecule has 0 aliphatic carbocycles. The molecule has 62 valence electrons. The highest BCUT2D eigenvalue weighted by molar-refractivity contribution is 4.73. The minimum absolute atomic E-state index is 0.0174. The van der Waals surface area contributed by atoms with Gasteiger partial charge in [0.1, 0.15) is 0 Å². The van der Waals surface area contributed by atoms with Crippen molar-refractivity contribution in [3.63, 3.8) is 0 Å². The molecule has 0 amide bonds. The fourth-order valence-electron chi connectivity index (χ4n) is 0.965. The summed E-state index contributed by atoms with van der Waals surface area (Å²) in [6, 6.07) is 0. The van der Waals surface area contributed by atoms with Gasteiger partial charge in [-0.25, -0.2) is 8.78 Å². The van der Waals surface area contributed by atoms with Crippen LogP contribution in [-0.4, -0.2) is 5.92 Å². The Morgan fingerprint density at radius 3 is 1.60 bits per heavy atom. The monoisotopic (exact) mass is 150 g/mol. The van der Waals surface area contributed by atoms with Gasteiger partial charge < -0.3 is 0 Å². The molecule has 0 rings (SSSR count). The third-order valence-electron chi connectivity index (χ3n) is 1.75. The maximum Gasteiger partial charge on any atom is 0.245 e. The lowest BCUT2D eigenvalue weighted by molar-refractivity contribution is -0.0218. The summed E-state index contributed by atoms with van der Waals surface area (Å²) >= 11 is 0. The number of hydrogen-bond acceptors (Lipinski definition) is 0. The molecular formula is C8H16F2. The van der Waals surface area contributed by atoms with Crippen LogP contribution in [0.4, 0.5) is 8.78 Å². The van der Waals surface area contributed by atoms with E-state index >= 15 is 0 Å². The number of hydrogen-bond donors (Lipinski definition) is 0. The molecule has 0 N–H and O–H groups in total. The summed E-state index contributed by atoms with van der Waals surface area (Å²) in [5, 5.41) is 0. The van der Waals surface area contributed by atoms with Crippen LogP contribution >= 0.6 is 0 Å². The van der Waals surface area contributed by atoms with E-state index in [-0.39, 0.29) is 11.8 Å². The maximum absolute atomic E-state index is 12.4. The quantitative estimate of drug-likeness (QED) is 0.578. The second-order valence-corrected chi connectivity index (χ2v) is 3.76. The van der Waals surface area contributed by atoms with Crippen LogP contribution in [-0.2, 0) is 0 Å². The minimum Gasteiger partial charge on any atom is -0.207 e. The zero-order valence-electron chi connectivity index (χ0n) is 7.17. The lowest BCUT2D eigenvalue weighted by Crippen LogP contribution is -2.22. The Kier molecular flexibility index (Phi) is 2.81. The summed E-state index contributed by atoms with van der Waals surface area (Å²) in [4.78, 5) is 0. The smallest absolute Gasteiger partial charge is 0.207 e. The highest BCUT2D eigenvalue weighted by Gasteiger charge is 2.30. The maximum atomic E-state index is 12.4. The lowest BCUT2D eigenvalue weighted by Gasteiger charge is -2.25. The number of alkyl halides is 2. The highest BCUT2D eigenvalue weighted by atomic mass is 19.3. The van der Waals surface area contributed by atoms with Crippen molar-refractivity contribution in [2.75, 3.05) is 0 Å². The Morgan fingerprint density at radius 2 is 1.50 bits per heavy atom. The van der Waals surface area contributed by atoms with Gasteiger partial charge in [-0.1, -0.05) is 27.2 Å². The van der Waals surface area contributed by atoms with E-state index in [0.29, 0.717) is 0 Å². The molecule has 10 heavy (non-hydrogen) atoms. The summed E-state index contributed by atoms with van der Waals surface area (Å²) in [7, 11) is 0. The van der Waals surface area contributed by atoms with E-state index in [9.17, 15) is 8.78 Å². The SMILES string of the molecule is CCC(C)(C)CC(C)(F)F. The standard InChI is InChI=1S/C8H16F2/c1-5-7(2,3)6-8(4,9)10/h5-6H2,1-4H3. The van der Waals surface area contributed by atoms with Gasteiger partial charge in [-0.3, -0.25) is 0 Å². The summed E-state index contributed by atoms with van der Waals surface area (Å²) < 4.78 is 24.8. The van der Waals surface area contributed by atoms with Crippen molar-refractivity contribution in [2.24, 2.45) is 5.41 Å². The molecule has 0 unspecified atom stereocenters. The first-order chi connectivity index (χ1) is 4.27. The Balaban J connectivity index is 3.89. The van der Waals surface area contributed by atoms with E-state index in [0.717, 1.165) is 13.3 Å². The van der Waals surface area contributed by atoms with Gasteiger partial charge in [0.2, 0.25) is 5.92 Å². The summed E-state index contributed by atoms with van der Waals surface area (Å²) in [6.45, 7) is 6.64. The van der Waals surface area contributed by atoms with E-state index in [4.69, 9.17) is 0 Å². The zero-order chi connectivity index (χ0) is 8.41. The van der Waals surface area contributed by atoms with Gasteiger partial charge in [-0.2, -0.15) is 0 Å². The largest absolute Gasteiger partial charge is 0.245 e. The average molecular weight is 150 g/mol. The van der Waals surface area contributed by atoms with E-state index in [2.05, 4.69) is 0 Å². The lowest BCUT2D eigenvalue weighted by atomic mass is 9.84. The Morgan fingerprint density at radius 1 is 1.10 bits per heavy atom. The van der Waals surface area contributed by atoms with Gasteiger partial charge in [-0.05, 0) is 12.3 Å². The van der Waals surface area contributed by atoms with Gasteiger partial charge >= 0.3 is 0 Å². The first-order valence-corrected chi connectivity index (χ1v) is 3.65. The first-order valence-electron chi connectivity index (χ1n) is 3.65. The molecule has 0 aliphatic rings. The van der Waals surface area contributed by atoms with Crippen LogP contribution in [0.15, 0.2) is 0 Å². The van der Waals surface area contributed by atoms with E-state index in [1.54, 1.807) is 0 Å². The van der Waals surface area contributed by atoms with Crippen LogP contribution in [0.1, 0.15) is 40.5 Å². The fourth-order valence-corrected chi connectivity index (χ4v) is 0.965.